The SMILES string of the molecule is CC1=[N+]2CC3C([N+]([O-])=NC4=CC5C[N+]6=CC5C(C4)O6)=CCC(O2)C13. The Kier molecular flexibility index (Phi) is 2.33. The van der Waals surface area contributed by atoms with Crippen molar-refractivity contribution in [1.29, 1.82) is 0 Å². The Labute approximate surface area is 139 Å². The van der Waals surface area contributed by atoms with E-state index in [9.17, 15) is 5.21 Å². The van der Waals surface area contributed by atoms with Gasteiger partial charge in [-0.1, -0.05) is 4.86 Å². The number of hydroxylamine groups is 3. The van der Waals surface area contributed by atoms with Gasteiger partial charge in [0.1, 0.15) is 17.5 Å². The highest BCUT2D eigenvalue weighted by atomic mass is 16.7. The molecule has 0 aromatic rings. The fourth-order valence-corrected chi connectivity index (χ4v) is 5.35. The summed E-state index contributed by atoms with van der Waals surface area (Å²) in [4.78, 5) is 12.5. The average Bonchev–Trinajstić information content (AvgIpc) is 3.26. The summed E-state index contributed by atoms with van der Waals surface area (Å²) < 4.78 is 3.91. The van der Waals surface area contributed by atoms with Gasteiger partial charge in [0, 0.05) is 24.9 Å². The summed E-state index contributed by atoms with van der Waals surface area (Å²) in [6.07, 6.45) is 8.23. The second-order valence-electron chi connectivity index (χ2n) is 7.71. The molecule has 0 amide bonds. The quantitative estimate of drug-likeness (QED) is 0.435. The molecular weight excluding hydrogens is 308 g/mol. The molecule has 0 spiro atoms. The Morgan fingerprint density at radius 3 is 3.00 bits per heavy atom. The molecule has 0 saturated carbocycles. The Morgan fingerprint density at radius 1 is 1.29 bits per heavy atom. The van der Waals surface area contributed by atoms with E-state index < -0.39 is 0 Å². The number of rotatable bonds is 2. The molecule has 24 heavy (non-hydrogen) atoms. The largest absolute Gasteiger partial charge is 0.594 e. The van der Waals surface area contributed by atoms with Crippen molar-refractivity contribution >= 4 is 11.9 Å². The fourth-order valence-electron chi connectivity index (χ4n) is 5.35. The predicted molar refractivity (Wildman–Crippen MR) is 82.2 cm³/mol. The van der Waals surface area contributed by atoms with E-state index in [1.165, 1.54) is 5.71 Å². The summed E-state index contributed by atoms with van der Waals surface area (Å²) >= 11 is 0. The van der Waals surface area contributed by atoms with Gasteiger partial charge in [0.15, 0.2) is 18.8 Å². The molecule has 4 aliphatic heterocycles. The number of hydrogen-bond acceptors (Lipinski definition) is 4. The summed E-state index contributed by atoms with van der Waals surface area (Å²) in [5.74, 6) is 1.46. The van der Waals surface area contributed by atoms with Gasteiger partial charge >= 0.3 is 0 Å². The number of azo groups is 1. The van der Waals surface area contributed by atoms with Crippen LogP contribution in [0, 0.1) is 28.9 Å². The molecule has 7 heteroatoms. The van der Waals surface area contributed by atoms with E-state index in [2.05, 4.69) is 24.3 Å². The summed E-state index contributed by atoms with van der Waals surface area (Å²) in [6, 6.07) is 0. The Balaban J connectivity index is 1.29. The van der Waals surface area contributed by atoms with E-state index in [-0.39, 0.29) is 18.1 Å². The molecule has 124 valence electrons. The van der Waals surface area contributed by atoms with Crippen LogP contribution >= 0.6 is 0 Å². The van der Waals surface area contributed by atoms with Gasteiger partial charge in [-0.05, 0) is 21.6 Å². The molecule has 0 fully saturated rings. The molecule has 0 N–H and O–H groups in total. The molecular formula is C17H20N4O3+2. The van der Waals surface area contributed by atoms with Crippen molar-refractivity contribution in [2.45, 2.75) is 32.0 Å². The maximum Gasteiger partial charge on any atom is 0.228 e. The Morgan fingerprint density at radius 2 is 2.21 bits per heavy atom. The van der Waals surface area contributed by atoms with Crippen LogP contribution in [0.1, 0.15) is 19.8 Å². The van der Waals surface area contributed by atoms with Gasteiger partial charge in [-0.15, -0.1) is 0 Å². The molecule has 7 nitrogen and oxygen atoms in total. The van der Waals surface area contributed by atoms with Crippen molar-refractivity contribution in [3.8, 4) is 0 Å². The Bertz CT molecular complexity index is 809. The smallest absolute Gasteiger partial charge is 0.228 e. The third kappa shape index (κ3) is 1.57. The second kappa shape index (κ2) is 4.26. The Hall–Kier alpha value is -2.18. The molecule has 0 aromatic heterocycles. The van der Waals surface area contributed by atoms with Crippen LogP contribution in [0.25, 0.3) is 0 Å². The monoisotopic (exact) mass is 328 g/mol. The van der Waals surface area contributed by atoms with E-state index in [4.69, 9.17) is 9.68 Å². The van der Waals surface area contributed by atoms with Crippen molar-refractivity contribution in [3.05, 3.63) is 28.8 Å². The third-order valence-electron chi connectivity index (χ3n) is 6.45. The molecule has 6 atom stereocenters. The molecule has 6 aliphatic rings. The highest BCUT2D eigenvalue weighted by Gasteiger charge is 2.60. The maximum atomic E-state index is 12.8. The lowest BCUT2D eigenvalue weighted by atomic mass is 9.79. The van der Waals surface area contributed by atoms with Crippen LogP contribution in [0.3, 0.4) is 0 Å². The van der Waals surface area contributed by atoms with Crippen molar-refractivity contribution in [2.24, 2.45) is 28.8 Å². The minimum atomic E-state index is 0.156. The second-order valence-corrected chi connectivity index (χ2v) is 7.71. The van der Waals surface area contributed by atoms with Gasteiger partial charge < -0.3 is 5.21 Å². The van der Waals surface area contributed by atoms with Crippen molar-refractivity contribution in [1.82, 2.24) is 0 Å². The summed E-state index contributed by atoms with van der Waals surface area (Å²) in [5, 5.41) is 17.2. The zero-order valence-corrected chi connectivity index (χ0v) is 13.5. The first-order valence-corrected chi connectivity index (χ1v) is 8.83. The highest BCUT2D eigenvalue weighted by molar-refractivity contribution is 5.83. The van der Waals surface area contributed by atoms with Crippen molar-refractivity contribution < 1.29 is 24.0 Å². The van der Waals surface area contributed by atoms with Crippen LogP contribution in [-0.2, 0) is 9.68 Å². The van der Waals surface area contributed by atoms with E-state index in [0.717, 1.165) is 42.2 Å². The fraction of sp³-hybridized carbons (Fsp3) is 0.647. The number of nitrogens with zero attached hydrogens (tertiary/aromatic N) is 4. The standard InChI is InChI=1S/C17H20N4O3/c1-9-17-13-8-20(9)24-15(17)3-2-14(13)21(22)18-11-4-10-6-19-7-12(10)16(5-11)23-19/h2,4,7,10,12-13,15-17H,3,5-6,8H2,1H3/q+2. The first kappa shape index (κ1) is 13.1. The van der Waals surface area contributed by atoms with Crippen LogP contribution in [0.5, 0.6) is 0 Å². The molecule has 6 unspecified atom stereocenters. The van der Waals surface area contributed by atoms with E-state index >= 15 is 0 Å². The lowest BCUT2D eigenvalue weighted by molar-refractivity contribution is -0.796. The van der Waals surface area contributed by atoms with Gasteiger partial charge in [-0.25, -0.2) is 0 Å². The van der Waals surface area contributed by atoms with Gasteiger partial charge in [0.05, 0.1) is 11.8 Å². The molecule has 4 bridgehead atoms. The topological polar surface area (TPSA) is 62.9 Å². The van der Waals surface area contributed by atoms with Gasteiger partial charge in [0.2, 0.25) is 24.2 Å². The molecule has 0 saturated heterocycles. The van der Waals surface area contributed by atoms with Crippen LogP contribution in [0.4, 0.5) is 0 Å². The maximum absolute atomic E-state index is 12.8. The van der Waals surface area contributed by atoms with E-state index in [1.807, 2.05) is 15.6 Å². The van der Waals surface area contributed by atoms with Crippen LogP contribution < -0.4 is 0 Å². The molecule has 0 radical (unpaired) electrons. The lowest BCUT2D eigenvalue weighted by Crippen LogP contribution is -2.40. The van der Waals surface area contributed by atoms with E-state index in [0.29, 0.717) is 17.8 Å². The molecule has 6 rings (SSSR count). The van der Waals surface area contributed by atoms with Gasteiger partial charge in [-0.3, -0.25) is 9.68 Å². The van der Waals surface area contributed by atoms with Crippen molar-refractivity contribution in [3.63, 3.8) is 0 Å². The van der Waals surface area contributed by atoms with Crippen LogP contribution in [0.15, 0.2) is 28.7 Å². The summed E-state index contributed by atoms with van der Waals surface area (Å²) in [6.45, 7) is 3.76. The van der Waals surface area contributed by atoms with Gasteiger partial charge in [-0.2, -0.15) is 0 Å². The van der Waals surface area contributed by atoms with Crippen LogP contribution in [-0.4, -0.2) is 51.6 Å². The first-order valence-electron chi connectivity index (χ1n) is 8.83. The van der Waals surface area contributed by atoms with Crippen LogP contribution in [0.2, 0.25) is 0 Å². The predicted octanol–water partition coefficient (Wildman–Crippen LogP) is 1.20. The van der Waals surface area contributed by atoms with E-state index in [1.54, 1.807) is 0 Å². The zero-order valence-electron chi connectivity index (χ0n) is 13.5. The normalized spacial score (nSPS) is 44.2. The minimum Gasteiger partial charge on any atom is -0.594 e. The molecule has 4 heterocycles. The third-order valence-corrected chi connectivity index (χ3v) is 6.45. The average molecular weight is 328 g/mol. The molecule has 0 aromatic carbocycles. The summed E-state index contributed by atoms with van der Waals surface area (Å²) in [5.41, 5.74) is 2.93. The number of hydrogen-bond donors (Lipinski definition) is 0. The highest BCUT2D eigenvalue weighted by Crippen LogP contribution is 2.43. The summed E-state index contributed by atoms with van der Waals surface area (Å²) in [7, 11) is 0. The minimum absolute atomic E-state index is 0.156. The molecule has 2 aliphatic carbocycles. The first-order chi connectivity index (χ1) is 11.7. The zero-order chi connectivity index (χ0) is 16.0. The van der Waals surface area contributed by atoms with Gasteiger partial charge in [0.25, 0.3) is 0 Å². The van der Waals surface area contributed by atoms with Crippen molar-refractivity contribution in [2.75, 3.05) is 13.1 Å². The lowest BCUT2D eigenvalue weighted by Gasteiger charge is -2.27.